The molecule has 0 aliphatic carbocycles. The molecule has 0 fully saturated rings. The third-order valence-corrected chi connectivity index (χ3v) is 11.5. The largest absolute Gasteiger partial charge is 0.251 e. The van der Waals surface area contributed by atoms with Crippen molar-refractivity contribution in [3.63, 3.8) is 0 Å². The van der Waals surface area contributed by atoms with Crippen LogP contribution in [-0.4, -0.2) is 17.8 Å². The number of thiophene rings is 1. The Balaban J connectivity index is 1.38. The van der Waals surface area contributed by atoms with E-state index in [1.165, 1.54) is 52.8 Å². The van der Waals surface area contributed by atoms with Gasteiger partial charge in [0.25, 0.3) is 5.95 Å². The summed E-state index contributed by atoms with van der Waals surface area (Å²) in [5.74, 6) is 0.563. The van der Waals surface area contributed by atoms with Crippen molar-refractivity contribution in [2.24, 2.45) is 0 Å². The van der Waals surface area contributed by atoms with Crippen LogP contribution >= 0.6 is 11.3 Å². The molecule has 6 heteroatoms. The minimum atomic E-state index is 0.563. The molecule has 4 nitrogen and oxygen atoms in total. The van der Waals surface area contributed by atoms with E-state index < -0.39 is 0 Å². The molecular formula is C46H27BN4S. The Morgan fingerprint density at radius 1 is 0.500 bits per heavy atom. The monoisotopic (exact) mass is 678 g/mol. The number of rotatable bonds is 3. The molecule has 52 heavy (non-hydrogen) atoms. The maximum absolute atomic E-state index is 6.69. The van der Waals surface area contributed by atoms with Crippen LogP contribution in [0.25, 0.3) is 75.0 Å². The van der Waals surface area contributed by atoms with E-state index in [1.807, 2.05) is 47.7 Å². The van der Waals surface area contributed by atoms with Gasteiger partial charge in [-0.05, 0) is 52.1 Å². The van der Waals surface area contributed by atoms with E-state index in [2.05, 4.69) is 137 Å². The lowest BCUT2D eigenvalue weighted by molar-refractivity contribution is 0.933. The molecule has 1 aliphatic rings. The zero-order chi connectivity index (χ0) is 34.3. The third kappa shape index (κ3) is 4.16. The first-order valence-corrected chi connectivity index (χ1v) is 18.2. The summed E-state index contributed by atoms with van der Waals surface area (Å²) in [6.07, 6.45) is 0. The zero-order valence-electron chi connectivity index (χ0n) is 27.9. The first-order chi connectivity index (χ1) is 25.7. The molecule has 0 atom stereocenters. The van der Waals surface area contributed by atoms with Gasteiger partial charge in [0.05, 0.1) is 28.3 Å². The number of para-hydroxylation sites is 2. The van der Waals surface area contributed by atoms with Gasteiger partial charge >= 0.3 is 0 Å². The van der Waals surface area contributed by atoms with Crippen LogP contribution in [0.2, 0.25) is 0 Å². The first-order valence-electron chi connectivity index (χ1n) is 17.4. The highest BCUT2D eigenvalue weighted by Gasteiger charge is 2.38. The average Bonchev–Trinajstić information content (AvgIpc) is 3.60. The number of hydrogen-bond acceptors (Lipinski definition) is 5. The Morgan fingerprint density at radius 2 is 1.17 bits per heavy atom. The summed E-state index contributed by atoms with van der Waals surface area (Å²) in [6, 6.07) is 57.6. The molecule has 0 unspecified atom stereocenters. The fourth-order valence-corrected chi connectivity index (χ4v) is 9.33. The highest BCUT2D eigenvalue weighted by Crippen LogP contribution is 2.58. The van der Waals surface area contributed by atoms with E-state index >= 15 is 0 Å². The Hall–Kier alpha value is -6.50. The van der Waals surface area contributed by atoms with Crippen LogP contribution in [0.15, 0.2) is 164 Å². The Labute approximate surface area is 305 Å². The summed E-state index contributed by atoms with van der Waals surface area (Å²) in [4.78, 5) is 10.9. The minimum absolute atomic E-state index is 0.563. The van der Waals surface area contributed by atoms with Crippen LogP contribution in [0.1, 0.15) is 0 Å². The van der Waals surface area contributed by atoms with Gasteiger partial charge in [-0.1, -0.05) is 139 Å². The molecule has 0 amide bonds. The molecule has 1 aliphatic heterocycles. The molecular weight excluding hydrogens is 651 g/mol. The summed E-state index contributed by atoms with van der Waals surface area (Å²) in [6.45, 7) is 0. The van der Waals surface area contributed by atoms with E-state index in [-0.39, 0.29) is 0 Å². The van der Waals surface area contributed by atoms with Gasteiger partial charge in [0.2, 0.25) is 0 Å². The van der Waals surface area contributed by atoms with Crippen LogP contribution < -0.4 is 15.5 Å². The van der Waals surface area contributed by atoms with E-state index in [1.54, 1.807) is 0 Å². The number of fused-ring (bicyclic) bond motifs is 13. The number of aromatic nitrogens is 2. The lowest BCUT2D eigenvalue weighted by Gasteiger charge is -2.43. The van der Waals surface area contributed by atoms with E-state index in [0.29, 0.717) is 11.4 Å². The maximum Gasteiger partial charge on any atom is 0.251 e. The SMILES string of the molecule is [B]c1ccccc1-c1nc(N2c3c(c4ccccc4c4sc5ccccc5c34)-c3c(ccc4ccccc34)N2c2ccccc2)nc2ccccc12. The van der Waals surface area contributed by atoms with Crippen molar-refractivity contribution in [1.82, 2.24) is 9.97 Å². The van der Waals surface area contributed by atoms with Crippen molar-refractivity contribution in [3.8, 4) is 22.4 Å². The molecule has 8 aromatic carbocycles. The van der Waals surface area contributed by atoms with Gasteiger partial charge < -0.3 is 0 Å². The summed E-state index contributed by atoms with van der Waals surface area (Å²) >= 11 is 1.85. The lowest BCUT2D eigenvalue weighted by atomic mass is 9.87. The minimum Gasteiger partial charge on any atom is -0.246 e. The Bertz CT molecular complexity index is 3060. The Kier molecular flexibility index (Phi) is 6.33. The van der Waals surface area contributed by atoms with Crippen molar-refractivity contribution < 1.29 is 0 Å². The Morgan fingerprint density at radius 3 is 2.02 bits per heavy atom. The second-order valence-electron chi connectivity index (χ2n) is 13.2. The molecule has 11 rings (SSSR count). The fraction of sp³-hybridized carbons (Fsp3) is 0. The molecule has 0 saturated heterocycles. The van der Waals surface area contributed by atoms with E-state index in [0.717, 1.165) is 39.2 Å². The first kappa shape index (κ1) is 29.3. The smallest absolute Gasteiger partial charge is 0.246 e. The number of nitrogens with zero attached hydrogens (tertiary/aromatic N) is 4. The van der Waals surface area contributed by atoms with E-state index in [4.69, 9.17) is 17.8 Å². The highest BCUT2D eigenvalue weighted by molar-refractivity contribution is 7.26. The maximum atomic E-state index is 6.69. The molecule has 2 aromatic heterocycles. The third-order valence-electron chi connectivity index (χ3n) is 10.3. The van der Waals surface area contributed by atoms with Crippen molar-refractivity contribution in [3.05, 3.63) is 164 Å². The predicted molar refractivity (Wildman–Crippen MR) is 221 cm³/mol. The second-order valence-corrected chi connectivity index (χ2v) is 14.2. The van der Waals surface area contributed by atoms with E-state index in [9.17, 15) is 0 Å². The van der Waals surface area contributed by atoms with Crippen molar-refractivity contribution in [2.75, 3.05) is 10.0 Å². The summed E-state index contributed by atoms with van der Waals surface area (Å²) < 4.78 is 2.48. The average molecular weight is 679 g/mol. The molecule has 2 radical (unpaired) electrons. The zero-order valence-corrected chi connectivity index (χ0v) is 28.7. The molecule has 0 saturated carbocycles. The van der Waals surface area contributed by atoms with Gasteiger partial charge in [-0.15, -0.1) is 11.3 Å². The van der Waals surface area contributed by atoms with Gasteiger partial charge in [-0.25, -0.2) is 20.0 Å². The molecule has 0 N–H and O–H groups in total. The molecule has 10 aromatic rings. The van der Waals surface area contributed by atoms with Crippen LogP contribution in [0.3, 0.4) is 0 Å². The molecule has 3 heterocycles. The van der Waals surface area contributed by atoms with Gasteiger partial charge in [0, 0.05) is 42.1 Å². The topological polar surface area (TPSA) is 32.3 Å². The van der Waals surface area contributed by atoms with Crippen LogP contribution in [0.4, 0.5) is 23.0 Å². The molecule has 0 bridgehead atoms. The van der Waals surface area contributed by atoms with Crippen LogP contribution in [0, 0.1) is 0 Å². The van der Waals surface area contributed by atoms with Gasteiger partial charge in [0.1, 0.15) is 7.85 Å². The fourth-order valence-electron chi connectivity index (χ4n) is 8.08. The van der Waals surface area contributed by atoms with Crippen molar-refractivity contribution in [1.29, 1.82) is 0 Å². The number of benzene rings is 8. The van der Waals surface area contributed by atoms with Gasteiger partial charge in [-0.2, -0.15) is 0 Å². The lowest BCUT2D eigenvalue weighted by Crippen LogP contribution is -2.40. The normalized spacial score (nSPS) is 12.6. The standard InChI is InChI=1S/C46H27BN4S/c47-36-23-11-8-20-33(36)43-34-21-9-12-24-37(34)48-46(49-43)51-44-41(31-18-6-7-19-32(31)45-42(44)35-22-10-13-25-39(35)52-45)40-30-17-5-4-14-28(30)26-27-38(40)50(51)29-15-2-1-3-16-29/h1-27H. The van der Waals surface area contributed by atoms with Gasteiger partial charge in [-0.3, -0.25) is 0 Å². The highest BCUT2D eigenvalue weighted by atomic mass is 32.1. The summed E-state index contributed by atoms with van der Waals surface area (Å²) in [5, 5.41) is 12.7. The van der Waals surface area contributed by atoms with Crippen molar-refractivity contribution in [2.45, 2.75) is 0 Å². The second kappa shape index (κ2) is 11.3. The summed E-state index contributed by atoms with van der Waals surface area (Å²) in [7, 11) is 6.69. The molecule has 0 spiro atoms. The number of hydrazine groups is 1. The van der Waals surface area contributed by atoms with Crippen molar-refractivity contribution >= 4 is 100 Å². The quantitative estimate of drug-likeness (QED) is 0.174. The summed E-state index contributed by atoms with van der Waals surface area (Å²) in [5.41, 5.74) is 8.66. The predicted octanol–water partition coefficient (Wildman–Crippen LogP) is 11.6. The number of hydrogen-bond donors (Lipinski definition) is 0. The van der Waals surface area contributed by atoms with Crippen LogP contribution in [-0.2, 0) is 0 Å². The number of anilines is 4. The van der Waals surface area contributed by atoms with Crippen LogP contribution in [0.5, 0.6) is 0 Å². The molecule has 240 valence electrons. The van der Waals surface area contributed by atoms with Gasteiger partial charge in [0.15, 0.2) is 0 Å².